The van der Waals surface area contributed by atoms with Crippen molar-refractivity contribution in [3.8, 4) is 0 Å². The van der Waals surface area contributed by atoms with Gasteiger partial charge in [0.05, 0.1) is 5.69 Å². The summed E-state index contributed by atoms with van der Waals surface area (Å²) >= 11 is 0. The highest BCUT2D eigenvalue weighted by Crippen LogP contribution is 2.17. The maximum Gasteiger partial charge on any atom is 0.135 e. The third kappa shape index (κ3) is 3.96. The van der Waals surface area contributed by atoms with Gasteiger partial charge >= 0.3 is 0 Å². The standard InChI is InChI=1S/C13H20N6/c1-13(2,7-14)8-16-11-5-12(18-9-17-11)19-10-3-4-15-6-10/h3-6,9,15H,7-8,14H2,1-2H3,(H2,16,17,18,19). The van der Waals surface area contributed by atoms with Crippen molar-refractivity contribution in [2.75, 3.05) is 23.7 Å². The molecule has 102 valence electrons. The number of nitrogens with one attached hydrogen (secondary N) is 3. The van der Waals surface area contributed by atoms with Crippen LogP contribution in [0.1, 0.15) is 13.8 Å². The molecule has 0 aliphatic rings. The van der Waals surface area contributed by atoms with Crippen LogP contribution in [-0.4, -0.2) is 28.0 Å². The molecule has 0 aliphatic heterocycles. The number of aromatic amines is 1. The van der Waals surface area contributed by atoms with Crippen LogP contribution in [0.4, 0.5) is 17.3 Å². The topological polar surface area (TPSA) is 91.7 Å². The number of hydrogen-bond acceptors (Lipinski definition) is 5. The molecule has 0 aromatic carbocycles. The van der Waals surface area contributed by atoms with Crippen LogP contribution < -0.4 is 16.4 Å². The molecule has 2 rings (SSSR count). The minimum Gasteiger partial charge on any atom is -0.369 e. The van der Waals surface area contributed by atoms with Crippen LogP contribution in [0, 0.1) is 5.41 Å². The van der Waals surface area contributed by atoms with Gasteiger partial charge in [0, 0.05) is 25.0 Å². The van der Waals surface area contributed by atoms with Gasteiger partial charge in [0.1, 0.15) is 18.0 Å². The fourth-order valence-corrected chi connectivity index (χ4v) is 1.47. The van der Waals surface area contributed by atoms with Gasteiger partial charge in [-0.3, -0.25) is 0 Å². The summed E-state index contributed by atoms with van der Waals surface area (Å²) in [5, 5.41) is 6.47. The molecule has 0 saturated carbocycles. The highest BCUT2D eigenvalue weighted by atomic mass is 15.1. The van der Waals surface area contributed by atoms with Gasteiger partial charge in [-0.15, -0.1) is 0 Å². The van der Waals surface area contributed by atoms with Gasteiger partial charge in [-0.1, -0.05) is 13.8 Å². The Morgan fingerprint density at radius 2 is 2.11 bits per heavy atom. The maximum atomic E-state index is 5.70. The normalized spacial score (nSPS) is 11.3. The number of aromatic nitrogens is 3. The van der Waals surface area contributed by atoms with Crippen molar-refractivity contribution in [1.29, 1.82) is 0 Å². The Labute approximate surface area is 112 Å². The van der Waals surface area contributed by atoms with Crippen LogP contribution in [-0.2, 0) is 0 Å². The van der Waals surface area contributed by atoms with E-state index in [9.17, 15) is 0 Å². The smallest absolute Gasteiger partial charge is 0.135 e. The lowest BCUT2D eigenvalue weighted by molar-refractivity contribution is 0.405. The second-order valence-electron chi connectivity index (χ2n) is 5.24. The molecule has 19 heavy (non-hydrogen) atoms. The highest BCUT2D eigenvalue weighted by Gasteiger charge is 2.15. The summed E-state index contributed by atoms with van der Waals surface area (Å²) < 4.78 is 0. The van der Waals surface area contributed by atoms with E-state index in [1.54, 1.807) is 0 Å². The first kappa shape index (κ1) is 13.4. The Morgan fingerprint density at radius 1 is 1.32 bits per heavy atom. The van der Waals surface area contributed by atoms with Crippen molar-refractivity contribution >= 4 is 17.3 Å². The number of nitrogens with zero attached hydrogens (tertiary/aromatic N) is 2. The van der Waals surface area contributed by atoms with Crippen LogP contribution in [0.3, 0.4) is 0 Å². The first-order valence-electron chi connectivity index (χ1n) is 6.25. The molecule has 0 aliphatic carbocycles. The molecule has 0 amide bonds. The summed E-state index contributed by atoms with van der Waals surface area (Å²) in [6.45, 7) is 5.62. The molecule has 0 atom stereocenters. The van der Waals surface area contributed by atoms with E-state index in [1.165, 1.54) is 6.33 Å². The second kappa shape index (κ2) is 5.71. The number of nitrogens with two attached hydrogens (primary N) is 1. The van der Waals surface area contributed by atoms with Crippen LogP contribution in [0.15, 0.2) is 30.9 Å². The van der Waals surface area contributed by atoms with Crippen LogP contribution in [0.25, 0.3) is 0 Å². The quantitative estimate of drug-likeness (QED) is 0.637. The fourth-order valence-electron chi connectivity index (χ4n) is 1.47. The predicted octanol–water partition coefficient (Wildman–Crippen LogP) is 1.95. The average molecular weight is 260 g/mol. The summed E-state index contributed by atoms with van der Waals surface area (Å²) in [5.74, 6) is 1.54. The van der Waals surface area contributed by atoms with E-state index in [4.69, 9.17) is 5.73 Å². The number of rotatable bonds is 6. The molecule has 0 saturated heterocycles. The van der Waals surface area contributed by atoms with Crippen LogP contribution in [0.2, 0.25) is 0 Å². The molecular weight excluding hydrogens is 240 g/mol. The van der Waals surface area contributed by atoms with Crippen molar-refractivity contribution < 1.29 is 0 Å². The maximum absolute atomic E-state index is 5.70. The van der Waals surface area contributed by atoms with Crippen molar-refractivity contribution in [2.24, 2.45) is 11.1 Å². The number of hydrogen-bond donors (Lipinski definition) is 4. The molecule has 0 fully saturated rings. The van der Waals surface area contributed by atoms with E-state index in [1.807, 2.05) is 24.5 Å². The molecule has 2 aromatic rings. The summed E-state index contributed by atoms with van der Waals surface area (Å²) in [6, 6.07) is 3.81. The molecule has 0 bridgehead atoms. The predicted molar refractivity (Wildman–Crippen MR) is 77.4 cm³/mol. The van der Waals surface area contributed by atoms with E-state index >= 15 is 0 Å². The molecule has 5 N–H and O–H groups in total. The molecule has 6 nitrogen and oxygen atoms in total. The minimum absolute atomic E-state index is 0.0409. The molecule has 2 aromatic heterocycles. The van der Waals surface area contributed by atoms with Crippen LogP contribution in [0.5, 0.6) is 0 Å². The third-order valence-electron chi connectivity index (χ3n) is 2.84. The lowest BCUT2D eigenvalue weighted by atomic mass is 9.94. The van der Waals surface area contributed by atoms with E-state index in [0.29, 0.717) is 6.54 Å². The Hall–Kier alpha value is -2.08. The summed E-state index contributed by atoms with van der Waals surface area (Å²) in [7, 11) is 0. The van der Waals surface area contributed by atoms with Crippen molar-refractivity contribution in [3.05, 3.63) is 30.9 Å². The number of H-pyrrole nitrogens is 1. The Kier molecular flexibility index (Phi) is 4.01. The van der Waals surface area contributed by atoms with Gasteiger partial charge in [0.25, 0.3) is 0 Å². The van der Waals surface area contributed by atoms with Gasteiger partial charge in [-0.25, -0.2) is 9.97 Å². The van der Waals surface area contributed by atoms with Crippen molar-refractivity contribution in [2.45, 2.75) is 13.8 Å². The summed E-state index contributed by atoms with van der Waals surface area (Å²) in [4.78, 5) is 11.4. The van der Waals surface area contributed by atoms with Crippen molar-refractivity contribution in [3.63, 3.8) is 0 Å². The second-order valence-corrected chi connectivity index (χ2v) is 5.24. The zero-order chi connectivity index (χ0) is 13.7. The fraction of sp³-hybridized carbons (Fsp3) is 0.385. The average Bonchev–Trinajstić information content (AvgIpc) is 2.90. The highest BCUT2D eigenvalue weighted by molar-refractivity contribution is 5.57. The molecule has 0 unspecified atom stereocenters. The Bertz CT molecular complexity index is 506. The zero-order valence-electron chi connectivity index (χ0n) is 11.3. The van der Waals surface area contributed by atoms with Gasteiger partial charge in [0.2, 0.25) is 0 Å². The molecule has 0 spiro atoms. The summed E-state index contributed by atoms with van der Waals surface area (Å²) in [6.07, 6.45) is 5.26. The van der Waals surface area contributed by atoms with E-state index in [-0.39, 0.29) is 5.41 Å². The van der Waals surface area contributed by atoms with Crippen molar-refractivity contribution in [1.82, 2.24) is 15.0 Å². The summed E-state index contributed by atoms with van der Waals surface area (Å²) in [5.41, 5.74) is 6.71. The van der Waals surface area contributed by atoms with E-state index < -0.39 is 0 Å². The van der Waals surface area contributed by atoms with Gasteiger partial charge in [-0.05, 0) is 18.0 Å². The third-order valence-corrected chi connectivity index (χ3v) is 2.84. The molecule has 6 heteroatoms. The Morgan fingerprint density at radius 3 is 2.79 bits per heavy atom. The largest absolute Gasteiger partial charge is 0.369 e. The monoisotopic (exact) mass is 260 g/mol. The van der Waals surface area contributed by atoms with E-state index in [2.05, 4.69) is 39.4 Å². The Balaban J connectivity index is 1.99. The first-order chi connectivity index (χ1) is 9.09. The SMILES string of the molecule is CC(C)(CN)CNc1cc(Nc2cc[nH]c2)ncn1. The van der Waals surface area contributed by atoms with Gasteiger partial charge in [-0.2, -0.15) is 0 Å². The molecule has 0 radical (unpaired) electrons. The first-order valence-corrected chi connectivity index (χ1v) is 6.25. The molecular formula is C13H20N6. The number of anilines is 3. The lowest BCUT2D eigenvalue weighted by Crippen LogP contribution is -2.31. The zero-order valence-corrected chi connectivity index (χ0v) is 11.3. The van der Waals surface area contributed by atoms with Gasteiger partial charge < -0.3 is 21.4 Å². The minimum atomic E-state index is 0.0409. The molecule has 2 heterocycles. The van der Waals surface area contributed by atoms with Gasteiger partial charge in [0.15, 0.2) is 0 Å². The van der Waals surface area contributed by atoms with Crippen LogP contribution >= 0.6 is 0 Å². The lowest BCUT2D eigenvalue weighted by Gasteiger charge is -2.22. The van der Waals surface area contributed by atoms with E-state index in [0.717, 1.165) is 23.9 Å².